The number of carboxylic acids is 1. The molecule has 26 heavy (non-hydrogen) atoms. The fourth-order valence-electron chi connectivity index (χ4n) is 2.13. The molecule has 0 bridgehead atoms. The Kier molecular flexibility index (Phi) is 16.0. The van der Waals surface area contributed by atoms with Crippen LogP contribution in [0.15, 0.2) is 60.1 Å². The van der Waals surface area contributed by atoms with Gasteiger partial charge in [-0.2, -0.15) is 0 Å². The van der Waals surface area contributed by atoms with Gasteiger partial charge in [0.15, 0.2) is 0 Å². The van der Waals surface area contributed by atoms with E-state index in [1.165, 1.54) is 51.0 Å². The highest BCUT2D eigenvalue weighted by molar-refractivity contribution is 5.85. The molecular weight excluding hydrogens is 336 g/mol. The van der Waals surface area contributed by atoms with Gasteiger partial charge in [-0.15, -0.1) is 0 Å². The van der Waals surface area contributed by atoms with Crippen LogP contribution in [0.1, 0.15) is 58.3 Å². The molecule has 0 saturated carbocycles. The second-order valence-corrected chi connectivity index (χ2v) is 5.65. The monoisotopic (exact) mass is 366 g/mol. The van der Waals surface area contributed by atoms with Gasteiger partial charge >= 0.3 is 5.97 Å². The highest BCUT2D eigenvalue weighted by atomic mass is 17.1. The fraction of sp³-hybridized carbons (Fsp3) is 0.450. The predicted octanol–water partition coefficient (Wildman–Crippen LogP) is 5.63. The first-order valence-corrected chi connectivity index (χ1v) is 8.94. The van der Waals surface area contributed by atoms with Crippen molar-refractivity contribution >= 4 is 5.97 Å². The largest absolute Gasteiger partial charge is 0.475 e. The standard InChI is InChI=1S/C20H30O6/c1-2-3-4-5-6-7-8-9-10-11-12-13-14-15-16-17-18(25-23)19(26-24)20(21)22/h10-17,23-24H,2-9H2,1H3,(H,21,22). The first-order valence-electron chi connectivity index (χ1n) is 8.94. The summed E-state index contributed by atoms with van der Waals surface area (Å²) in [5.74, 6) is -3.01. The van der Waals surface area contributed by atoms with Crippen molar-refractivity contribution in [1.29, 1.82) is 0 Å². The van der Waals surface area contributed by atoms with Crippen molar-refractivity contribution in [3.63, 3.8) is 0 Å². The number of unbranched alkanes of at least 4 members (excludes halogenated alkanes) is 7. The zero-order chi connectivity index (χ0) is 19.5. The third kappa shape index (κ3) is 13.0. The maximum Gasteiger partial charge on any atom is 0.379 e. The SMILES string of the molecule is CCCCCCCCCC=CC=CC=CC=CC(OO)=C(OO)C(=O)O. The van der Waals surface area contributed by atoms with Gasteiger partial charge in [0.25, 0.3) is 5.76 Å². The van der Waals surface area contributed by atoms with E-state index in [0.717, 1.165) is 12.5 Å². The van der Waals surface area contributed by atoms with Crippen molar-refractivity contribution in [2.24, 2.45) is 0 Å². The molecule has 0 aliphatic rings. The molecule has 0 amide bonds. The lowest BCUT2D eigenvalue weighted by Gasteiger charge is -2.00. The van der Waals surface area contributed by atoms with Crippen LogP contribution in [0.2, 0.25) is 0 Å². The molecule has 0 atom stereocenters. The molecule has 6 nitrogen and oxygen atoms in total. The van der Waals surface area contributed by atoms with Crippen molar-refractivity contribution in [1.82, 2.24) is 0 Å². The van der Waals surface area contributed by atoms with Crippen LogP contribution < -0.4 is 0 Å². The van der Waals surface area contributed by atoms with Crippen LogP contribution in [-0.2, 0) is 14.6 Å². The van der Waals surface area contributed by atoms with Gasteiger partial charge in [0.05, 0.1) is 0 Å². The molecule has 3 N–H and O–H groups in total. The third-order valence-electron chi connectivity index (χ3n) is 3.52. The number of allylic oxidation sites excluding steroid dienone is 8. The summed E-state index contributed by atoms with van der Waals surface area (Å²) in [4.78, 5) is 18.2. The summed E-state index contributed by atoms with van der Waals surface area (Å²) in [6.07, 6.45) is 23.9. The van der Waals surface area contributed by atoms with Crippen LogP contribution >= 0.6 is 0 Å². The molecule has 0 aromatic rings. The van der Waals surface area contributed by atoms with Crippen LogP contribution in [0, 0.1) is 0 Å². The number of hydrogen-bond donors (Lipinski definition) is 3. The average Bonchev–Trinajstić information content (AvgIpc) is 2.63. The van der Waals surface area contributed by atoms with Gasteiger partial charge < -0.3 is 14.9 Å². The normalized spacial score (nSPS) is 13.2. The summed E-state index contributed by atoms with van der Waals surface area (Å²) in [6.45, 7) is 2.23. The Balaban J connectivity index is 4.01. The Morgan fingerprint density at radius 1 is 0.808 bits per heavy atom. The van der Waals surface area contributed by atoms with E-state index in [4.69, 9.17) is 15.6 Å². The molecule has 0 aliphatic carbocycles. The van der Waals surface area contributed by atoms with E-state index >= 15 is 0 Å². The predicted molar refractivity (Wildman–Crippen MR) is 101 cm³/mol. The maximum absolute atomic E-state index is 10.7. The molecule has 0 heterocycles. The Morgan fingerprint density at radius 2 is 1.38 bits per heavy atom. The number of hydrogen-bond acceptors (Lipinski definition) is 5. The molecule has 0 saturated heterocycles. The molecule has 0 rings (SSSR count). The van der Waals surface area contributed by atoms with E-state index in [2.05, 4.69) is 22.8 Å². The fourth-order valence-corrected chi connectivity index (χ4v) is 2.13. The first kappa shape index (κ1) is 23.7. The molecule has 6 heteroatoms. The third-order valence-corrected chi connectivity index (χ3v) is 3.52. The molecule has 0 spiro atoms. The summed E-state index contributed by atoms with van der Waals surface area (Å²) in [6, 6.07) is 0. The molecule has 0 aromatic heterocycles. The second-order valence-electron chi connectivity index (χ2n) is 5.65. The Labute approximate surface area is 155 Å². The van der Waals surface area contributed by atoms with Crippen LogP contribution in [0.25, 0.3) is 0 Å². The highest BCUT2D eigenvalue weighted by Crippen LogP contribution is 2.09. The Bertz CT molecular complexity index is 514. The summed E-state index contributed by atoms with van der Waals surface area (Å²) in [5.41, 5.74) is 0. The van der Waals surface area contributed by atoms with E-state index < -0.39 is 17.5 Å². The average molecular weight is 366 g/mol. The van der Waals surface area contributed by atoms with Gasteiger partial charge in [-0.3, -0.25) is 0 Å². The number of aliphatic carboxylic acids is 1. The number of carboxylic acid groups (broad SMARTS) is 1. The van der Waals surface area contributed by atoms with E-state index in [0.29, 0.717) is 0 Å². The van der Waals surface area contributed by atoms with Gasteiger partial charge in [0.1, 0.15) is 0 Å². The van der Waals surface area contributed by atoms with Gasteiger partial charge in [-0.05, 0) is 18.9 Å². The van der Waals surface area contributed by atoms with Gasteiger partial charge in [0.2, 0.25) is 5.76 Å². The van der Waals surface area contributed by atoms with Crippen LogP contribution in [0.3, 0.4) is 0 Å². The minimum atomic E-state index is -1.57. The zero-order valence-corrected chi connectivity index (χ0v) is 15.3. The van der Waals surface area contributed by atoms with Crippen LogP contribution in [0.4, 0.5) is 0 Å². The Morgan fingerprint density at radius 3 is 1.96 bits per heavy atom. The van der Waals surface area contributed by atoms with E-state index in [-0.39, 0.29) is 0 Å². The number of carbonyl (C=O) groups is 1. The van der Waals surface area contributed by atoms with E-state index in [1.54, 1.807) is 12.2 Å². The lowest BCUT2D eigenvalue weighted by atomic mass is 10.1. The quantitative estimate of drug-likeness (QED) is 0.0868. The molecule has 0 radical (unpaired) electrons. The van der Waals surface area contributed by atoms with Crippen molar-refractivity contribution in [2.45, 2.75) is 58.3 Å². The smallest absolute Gasteiger partial charge is 0.379 e. The molecule has 0 aliphatic heterocycles. The summed E-state index contributed by atoms with van der Waals surface area (Å²) >= 11 is 0. The highest BCUT2D eigenvalue weighted by Gasteiger charge is 2.16. The molecule has 146 valence electrons. The van der Waals surface area contributed by atoms with E-state index in [1.807, 2.05) is 18.2 Å². The van der Waals surface area contributed by atoms with Gasteiger partial charge in [-0.1, -0.05) is 88.0 Å². The van der Waals surface area contributed by atoms with Crippen molar-refractivity contribution in [3.05, 3.63) is 60.1 Å². The second kappa shape index (κ2) is 17.5. The molecule has 0 aromatic carbocycles. The summed E-state index contributed by atoms with van der Waals surface area (Å²) in [7, 11) is 0. The van der Waals surface area contributed by atoms with Crippen molar-refractivity contribution in [2.75, 3.05) is 0 Å². The summed E-state index contributed by atoms with van der Waals surface area (Å²) in [5, 5.41) is 25.7. The lowest BCUT2D eigenvalue weighted by molar-refractivity contribution is -0.234. The minimum absolute atomic E-state index is 0.525. The summed E-state index contributed by atoms with van der Waals surface area (Å²) < 4.78 is 0. The Hall–Kier alpha value is -2.31. The number of rotatable bonds is 15. The van der Waals surface area contributed by atoms with Gasteiger partial charge in [-0.25, -0.2) is 15.3 Å². The minimum Gasteiger partial charge on any atom is -0.475 e. The maximum atomic E-state index is 10.7. The van der Waals surface area contributed by atoms with E-state index in [9.17, 15) is 4.79 Å². The topological polar surface area (TPSA) is 96.2 Å². The zero-order valence-electron chi connectivity index (χ0n) is 15.3. The first-order chi connectivity index (χ1) is 12.7. The molecule has 0 unspecified atom stereocenters. The van der Waals surface area contributed by atoms with Gasteiger partial charge in [0, 0.05) is 0 Å². The van der Waals surface area contributed by atoms with Crippen LogP contribution in [-0.4, -0.2) is 21.6 Å². The lowest BCUT2D eigenvalue weighted by Crippen LogP contribution is -2.07. The van der Waals surface area contributed by atoms with Crippen molar-refractivity contribution < 1.29 is 30.2 Å². The molecule has 0 fully saturated rings. The molecular formula is C20H30O6. The van der Waals surface area contributed by atoms with Crippen LogP contribution in [0.5, 0.6) is 0 Å². The van der Waals surface area contributed by atoms with Crippen molar-refractivity contribution in [3.8, 4) is 0 Å².